The molecule has 0 atom stereocenters. The van der Waals surface area contributed by atoms with Gasteiger partial charge in [0.25, 0.3) is 0 Å². The van der Waals surface area contributed by atoms with Crippen molar-refractivity contribution in [2.45, 2.75) is 0 Å². The maximum atomic E-state index is 6.57. The molecule has 0 aliphatic rings. The summed E-state index contributed by atoms with van der Waals surface area (Å²) in [7, 11) is 0. The van der Waals surface area contributed by atoms with E-state index in [1.165, 1.54) is 36.9 Å². The molecule has 5 heteroatoms. The Balaban J connectivity index is 1.06. The molecular formula is C45H27N3OS. The predicted molar refractivity (Wildman–Crippen MR) is 207 cm³/mol. The third-order valence-corrected chi connectivity index (χ3v) is 10.5. The molecule has 7 aromatic carbocycles. The lowest BCUT2D eigenvalue weighted by Gasteiger charge is -2.10. The molecule has 50 heavy (non-hydrogen) atoms. The van der Waals surface area contributed by atoms with Crippen molar-refractivity contribution in [3.8, 4) is 56.4 Å². The Labute approximate surface area is 292 Å². The summed E-state index contributed by atoms with van der Waals surface area (Å²) in [6, 6.07) is 56.9. The van der Waals surface area contributed by atoms with Crippen molar-refractivity contribution in [1.29, 1.82) is 0 Å². The van der Waals surface area contributed by atoms with Crippen molar-refractivity contribution in [2.24, 2.45) is 0 Å². The molecule has 4 nitrogen and oxygen atoms in total. The van der Waals surface area contributed by atoms with Crippen LogP contribution in [0.1, 0.15) is 0 Å². The molecule has 0 aliphatic carbocycles. The number of hydrogen-bond acceptors (Lipinski definition) is 5. The van der Waals surface area contributed by atoms with Gasteiger partial charge in [-0.15, -0.1) is 11.3 Å². The molecule has 0 amide bonds. The Hall–Kier alpha value is -6.43. The van der Waals surface area contributed by atoms with Crippen LogP contribution in [0.5, 0.6) is 0 Å². The molecule has 0 spiro atoms. The van der Waals surface area contributed by atoms with Gasteiger partial charge in [-0.1, -0.05) is 127 Å². The predicted octanol–water partition coefficient (Wildman–Crippen LogP) is 12.5. The Morgan fingerprint density at radius 1 is 0.340 bits per heavy atom. The molecular weight excluding hydrogens is 631 g/mol. The summed E-state index contributed by atoms with van der Waals surface area (Å²) in [6.45, 7) is 0. The Kier molecular flexibility index (Phi) is 6.64. The first-order valence-corrected chi connectivity index (χ1v) is 17.4. The Morgan fingerprint density at radius 3 is 1.44 bits per heavy atom. The van der Waals surface area contributed by atoms with Crippen molar-refractivity contribution in [1.82, 2.24) is 15.0 Å². The molecule has 0 unspecified atom stereocenters. The van der Waals surface area contributed by atoms with Gasteiger partial charge in [0.05, 0.1) is 0 Å². The van der Waals surface area contributed by atoms with Gasteiger partial charge in [-0.25, -0.2) is 15.0 Å². The third-order valence-electron chi connectivity index (χ3n) is 9.36. The highest BCUT2D eigenvalue weighted by Gasteiger charge is 2.16. The van der Waals surface area contributed by atoms with Crippen LogP contribution in [0.2, 0.25) is 0 Å². The summed E-state index contributed by atoms with van der Waals surface area (Å²) in [4.78, 5) is 14.7. The van der Waals surface area contributed by atoms with Crippen LogP contribution in [0.3, 0.4) is 0 Å². The van der Waals surface area contributed by atoms with Crippen molar-refractivity contribution in [3.63, 3.8) is 0 Å². The van der Waals surface area contributed by atoms with E-state index >= 15 is 0 Å². The molecule has 0 radical (unpaired) electrons. The minimum Gasteiger partial charge on any atom is -0.456 e. The number of hydrogen-bond donors (Lipinski definition) is 0. The number of aromatic nitrogens is 3. The SMILES string of the molecule is c1ccc(-c2nc(-c3ccccc3)nc(-c3ccc4c(c3)oc3cc(-c5ccccc5-c5ccc6c(c5)sc5ccccc56)ccc34)n2)cc1. The zero-order valence-electron chi connectivity index (χ0n) is 26.7. The summed E-state index contributed by atoms with van der Waals surface area (Å²) in [6.07, 6.45) is 0. The number of rotatable bonds is 5. The highest BCUT2D eigenvalue weighted by Crippen LogP contribution is 2.40. The highest BCUT2D eigenvalue weighted by atomic mass is 32.1. The first kappa shape index (κ1) is 28.6. The van der Waals surface area contributed by atoms with Gasteiger partial charge >= 0.3 is 0 Å². The van der Waals surface area contributed by atoms with E-state index in [-0.39, 0.29) is 0 Å². The topological polar surface area (TPSA) is 51.8 Å². The lowest BCUT2D eigenvalue weighted by Crippen LogP contribution is -2.00. The van der Waals surface area contributed by atoms with E-state index in [2.05, 4.69) is 97.1 Å². The number of nitrogens with zero attached hydrogens (tertiary/aromatic N) is 3. The molecule has 0 bridgehead atoms. The average Bonchev–Trinajstić information content (AvgIpc) is 3.75. The maximum absolute atomic E-state index is 6.57. The lowest BCUT2D eigenvalue weighted by molar-refractivity contribution is 0.669. The van der Waals surface area contributed by atoms with Gasteiger partial charge in [0.1, 0.15) is 11.2 Å². The van der Waals surface area contributed by atoms with Crippen LogP contribution in [0, 0.1) is 0 Å². The molecule has 3 aromatic heterocycles. The van der Waals surface area contributed by atoms with E-state index in [4.69, 9.17) is 19.4 Å². The molecule has 0 fully saturated rings. The summed E-state index contributed by atoms with van der Waals surface area (Å²) in [5, 5.41) is 4.75. The van der Waals surface area contributed by atoms with Crippen LogP contribution in [-0.4, -0.2) is 15.0 Å². The number of thiophene rings is 1. The van der Waals surface area contributed by atoms with Gasteiger partial charge in [-0.05, 0) is 58.7 Å². The second kappa shape index (κ2) is 11.6. The van der Waals surface area contributed by atoms with Gasteiger partial charge in [0, 0.05) is 47.6 Å². The quantitative estimate of drug-likeness (QED) is 0.185. The van der Waals surface area contributed by atoms with Crippen LogP contribution in [0.4, 0.5) is 0 Å². The fraction of sp³-hybridized carbons (Fsp3) is 0. The summed E-state index contributed by atoms with van der Waals surface area (Å²) >= 11 is 1.85. The first-order valence-electron chi connectivity index (χ1n) is 16.6. The molecule has 3 heterocycles. The standard InChI is InChI=1S/C45H27N3OS/c1-3-11-28(12-4-1)43-46-44(29-13-5-2-6-14-29)48-45(47-43)32-21-23-36-35-22-19-30(25-39(35)49-40(36)26-32)33-15-7-8-16-34(33)31-20-24-38-37-17-9-10-18-41(37)50-42(38)27-31/h1-27H. The van der Waals surface area contributed by atoms with Gasteiger partial charge in [-0.3, -0.25) is 0 Å². The van der Waals surface area contributed by atoms with Crippen LogP contribution >= 0.6 is 11.3 Å². The Bertz CT molecular complexity index is 2820. The molecule has 0 saturated heterocycles. The maximum Gasteiger partial charge on any atom is 0.164 e. The van der Waals surface area contributed by atoms with Gasteiger partial charge in [0.15, 0.2) is 17.5 Å². The average molecular weight is 658 g/mol. The second-order valence-corrected chi connectivity index (χ2v) is 13.5. The molecule has 10 rings (SSSR count). The van der Waals surface area contributed by atoms with E-state index in [0.717, 1.165) is 44.2 Å². The van der Waals surface area contributed by atoms with Crippen LogP contribution in [-0.2, 0) is 0 Å². The summed E-state index contributed by atoms with van der Waals surface area (Å²) < 4.78 is 9.19. The number of fused-ring (bicyclic) bond motifs is 6. The smallest absolute Gasteiger partial charge is 0.164 e. The third kappa shape index (κ3) is 4.87. The van der Waals surface area contributed by atoms with Crippen LogP contribution in [0.25, 0.3) is 98.5 Å². The zero-order valence-corrected chi connectivity index (χ0v) is 27.6. The first-order chi connectivity index (χ1) is 24.7. The monoisotopic (exact) mass is 657 g/mol. The van der Waals surface area contributed by atoms with Crippen molar-refractivity contribution >= 4 is 53.4 Å². The lowest BCUT2D eigenvalue weighted by atomic mass is 9.93. The molecule has 234 valence electrons. The van der Waals surface area contributed by atoms with Gasteiger partial charge in [0.2, 0.25) is 0 Å². The van der Waals surface area contributed by atoms with E-state index in [9.17, 15) is 0 Å². The fourth-order valence-electron chi connectivity index (χ4n) is 6.90. The van der Waals surface area contributed by atoms with E-state index < -0.39 is 0 Å². The van der Waals surface area contributed by atoms with Crippen molar-refractivity contribution in [2.75, 3.05) is 0 Å². The Morgan fingerprint density at radius 2 is 0.800 bits per heavy atom. The number of benzene rings is 7. The summed E-state index contributed by atoms with van der Waals surface area (Å²) in [5.41, 5.74) is 9.07. The summed E-state index contributed by atoms with van der Waals surface area (Å²) in [5.74, 6) is 1.87. The van der Waals surface area contributed by atoms with Gasteiger partial charge < -0.3 is 4.42 Å². The highest BCUT2D eigenvalue weighted by molar-refractivity contribution is 7.25. The van der Waals surface area contributed by atoms with E-state index in [1.54, 1.807) is 0 Å². The molecule has 0 N–H and O–H groups in total. The van der Waals surface area contributed by atoms with Crippen LogP contribution < -0.4 is 0 Å². The molecule has 10 aromatic rings. The van der Waals surface area contributed by atoms with Crippen molar-refractivity contribution in [3.05, 3.63) is 164 Å². The molecule has 0 saturated carbocycles. The second-order valence-electron chi connectivity index (χ2n) is 12.4. The van der Waals surface area contributed by atoms with Crippen molar-refractivity contribution < 1.29 is 4.42 Å². The minimum atomic E-state index is 0.602. The minimum absolute atomic E-state index is 0.602. The largest absolute Gasteiger partial charge is 0.456 e. The normalized spacial score (nSPS) is 11.6. The van der Waals surface area contributed by atoms with E-state index in [1.807, 2.05) is 78.1 Å². The van der Waals surface area contributed by atoms with E-state index in [0.29, 0.717) is 17.5 Å². The van der Waals surface area contributed by atoms with Crippen LogP contribution in [0.15, 0.2) is 168 Å². The number of furan rings is 1. The zero-order chi connectivity index (χ0) is 33.0. The molecule has 0 aliphatic heterocycles. The van der Waals surface area contributed by atoms with Gasteiger partial charge in [-0.2, -0.15) is 0 Å². The fourth-order valence-corrected chi connectivity index (χ4v) is 8.05.